The molecule has 0 bridgehead atoms. The van der Waals surface area contributed by atoms with Gasteiger partial charge in [0, 0.05) is 23.4 Å². The minimum absolute atomic E-state index is 0.0893. The lowest BCUT2D eigenvalue weighted by molar-refractivity contribution is -0.149. The molecule has 0 aromatic heterocycles. The normalized spacial score (nSPS) is 12.2. The van der Waals surface area contributed by atoms with Crippen molar-refractivity contribution in [1.82, 2.24) is 0 Å². The Labute approximate surface area is 180 Å². The summed E-state index contributed by atoms with van der Waals surface area (Å²) < 4.78 is 10.5. The molecule has 0 saturated heterocycles. The van der Waals surface area contributed by atoms with E-state index in [1.165, 1.54) is 0 Å². The molecule has 3 aromatic rings. The molecule has 1 aliphatic heterocycles. The second-order valence-corrected chi connectivity index (χ2v) is 7.09. The molecule has 6 heteroatoms. The van der Waals surface area contributed by atoms with Gasteiger partial charge in [0.05, 0.1) is 0 Å². The lowest BCUT2D eigenvalue weighted by Gasteiger charge is -2.17. The first-order valence-electron chi connectivity index (χ1n) is 9.98. The van der Waals surface area contributed by atoms with Gasteiger partial charge in [-0.05, 0) is 42.3 Å². The van der Waals surface area contributed by atoms with Gasteiger partial charge in [-0.2, -0.15) is 0 Å². The molecular formula is C25H21NO5. The van der Waals surface area contributed by atoms with Crippen molar-refractivity contribution in [3.63, 3.8) is 0 Å². The van der Waals surface area contributed by atoms with Gasteiger partial charge >= 0.3 is 5.97 Å². The fourth-order valence-corrected chi connectivity index (χ4v) is 3.46. The molecular weight excluding hydrogens is 394 g/mol. The van der Waals surface area contributed by atoms with Crippen molar-refractivity contribution in [2.75, 3.05) is 24.7 Å². The van der Waals surface area contributed by atoms with Gasteiger partial charge in [0.2, 0.25) is 0 Å². The first-order valence-corrected chi connectivity index (χ1v) is 9.98. The Morgan fingerprint density at radius 3 is 2.23 bits per heavy atom. The van der Waals surface area contributed by atoms with Crippen LogP contribution in [0.5, 0.6) is 5.75 Å². The minimum Gasteiger partial charge on any atom is -0.482 e. The third-order valence-electron chi connectivity index (χ3n) is 5.05. The Kier molecular flexibility index (Phi) is 6.08. The van der Waals surface area contributed by atoms with Crippen LogP contribution in [0.2, 0.25) is 0 Å². The summed E-state index contributed by atoms with van der Waals surface area (Å²) in [5.41, 5.74) is 3.10. The Hall–Kier alpha value is -3.93. The molecule has 6 nitrogen and oxygen atoms in total. The summed E-state index contributed by atoms with van der Waals surface area (Å²) in [6.45, 7) is -0.0723. The molecule has 0 saturated carbocycles. The van der Waals surface area contributed by atoms with E-state index in [0.717, 1.165) is 17.7 Å². The fourth-order valence-electron chi connectivity index (χ4n) is 3.46. The van der Waals surface area contributed by atoms with Crippen LogP contribution < -0.4 is 9.64 Å². The Balaban J connectivity index is 1.25. The predicted octanol–water partition coefficient (Wildman–Crippen LogP) is 3.43. The molecule has 31 heavy (non-hydrogen) atoms. The number of benzene rings is 3. The summed E-state index contributed by atoms with van der Waals surface area (Å²) in [6.07, 6.45) is 0.793. The molecule has 1 aliphatic rings. The average Bonchev–Trinajstić information content (AvgIpc) is 3.26. The number of nitrogens with zero attached hydrogens (tertiary/aromatic N) is 1. The van der Waals surface area contributed by atoms with Gasteiger partial charge in [-0.3, -0.25) is 9.59 Å². The van der Waals surface area contributed by atoms with Crippen LogP contribution in [-0.2, 0) is 20.7 Å². The number of hydrogen-bond acceptors (Lipinski definition) is 5. The molecule has 0 spiro atoms. The van der Waals surface area contributed by atoms with Crippen molar-refractivity contribution in [3.8, 4) is 5.75 Å². The monoisotopic (exact) mass is 415 g/mol. The molecule has 0 atom stereocenters. The number of anilines is 1. The molecule has 0 aliphatic carbocycles. The summed E-state index contributed by atoms with van der Waals surface area (Å²) in [4.78, 5) is 38.4. The quantitative estimate of drug-likeness (QED) is 0.437. The lowest BCUT2D eigenvalue weighted by atomic mass is 10.0. The van der Waals surface area contributed by atoms with Crippen LogP contribution in [0.4, 0.5) is 5.69 Å². The number of amides is 1. The van der Waals surface area contributed by atoms with E-state index in [9.17, 15) is 14.4 Å². The topological polar surface area (TPSA) is 72.9 Å². The Morgan fingerprint density at radius 1 is 0.774 bits per heavy atom. The summed E-state index contributed by atoms with van der Waals surface area (Å²) in [7, 11) is 0. The fraction of sp³-hybridized carbons (Fsp3) is 0.160. The SMILES string of the molecule is O=C(COc1ccc(C(=O)c2ccccc2)cc1)OCC(=O)N1CCc2ccccc21. The molecule has 4 rings (SSSR count). The van der Waals surface area contributed by atoms with Crippen molar-refractivity contribution < 1.29 is 23.9 Å². The van der Waals surface area contributed by atoms with E-state index in [1.807, 2.05) is 42.5 Å². The number of ketones is 1. The van der Waals surface area contributed by atoms with Gasteiger partial charge in [0.1, 0.15) is 5.75 Å². The van der Waals surface area contributed by atoms with E-state index in [2.05, 4.69) is 0 Å². The summed E-state index contributed by atoms with van der Waals surface area (Å²) in [6, 6.07) is 23.2. The number of fused-ring (bicyclic) bond motifs is 1. The Morgan fingerprint density at radius 2 is 1.45 bits per heavy atom. The third-order valence-corrected chi connectivity index (χ3v) is 5.05. The average molecular weight is 415 g/mol. The smallest absolute Gasteiger partial charge is 0.344 e. The number of esters is 1. The van der Waals surface area contributed by atoms with Crippen molar-refractivity contribution >= 4 is 23.3 Å². The van der Waals surface area contributed by atoms with Crippen LogP contribution in [0.25, 0.3) is 0 Å². The number of para-hydroxylation sites is 1. The van der Waals surface area contributed by atoms with E-state index in [0.29, 0.717) is 23.4 Å². The minimum atomic E-state index is -0.634. The van der Waals surface area contributed by atoms with Crippen LogP contribution in [0.1, 0.15) is 21.5 Å². The van der Waals surface area contributed by atoms with Gasteiger partial charge in [-0.15, -0.1) is 0 Å². The van der Waals surface area contributed by atoms with E-state index >= 15 is 0 Å². The molecule has 0 N–H and O–H groups in total. The van der Waals surface area contributed by atoms with Gasteiger partial charge in [-0.1, -0.05) is 48.5 Å². The molecule has 0 fully saturated rings. The predicted molar refractivity (Wildman–Crippen MR) is 115 cm³/mol. The maximum absolute atomic E-state index is 12.4. The third kappa shape index (κ3) is 4.80. The summed E-state index contributed by atoms with van der Waals surface area (Å²) in [5, 5.41) is 0. The highest BCUT2D eigenvalue weighted by Gasteiger charge is 2.24. The zero-order chi connectivity index (χ0) is 21.6. The second kappa shape index (κ2) is 9.26. The number of ether oxygens (including phenoxy) is 2. The van der Waals surface area contributed by atoms with Crippen molar-refractivity contribution in [3.05, 3.63) is 95.6 Å². The van der Waals surface area contributed by atoms with Crippen molar-refractivity contribution in [1.29, 1.82) is 0 Å². The zero-order valence-corrected chi connectivity index (χ0v) is 16.8. The van der Waals surface area contributed by atoms with Crippen LogP contribution in [0.3, 0.4) is 0 Å². The maximum atomic E-state index is 12.4. The van der Waals surface area contributed by atoms with Gasteiger partial charge in [0.25, 0.3) is 5.91 Å². The molecule has 0 unspecified atom stereocenters. The van der Waals surface area contributed by atoms with Crippen molar-refractivity contribution in [2.24, 2.45) is 0 Å². The van der Waals surface area contributed by atoms with Gasteiger partial charge < -0.3 is 14.4 Å². The van der Waals surface area contributed by atoms with E-state index in [-0.39, 0.29) is 24.9 Å². The van der Waals surface area contributed by atoms with Gasteiger partial charge in [-0.25, -0.2) is 4.79 Å². The Bertz CT molecular complexity index is 1090. The van der Waals surface area contributed by atoms with Gasteiger partial charge in [0.15, 0.2) is 19.0 Å². The second-order valence-electron chi connectivity index (χ2n) is 7.09. The number of rotatable bonds is 7. The zero-order valence-electron chi connectivity index (χ0n) is 16.8. The summed E-state index contributed by atoms with van der Waals surface area (Å²) in [5.74, 6) is -0.553. The molecule has 3 aromatic carbocycles. The summed E-state index contributed by atoms with van der Waals surface area (Å²) >= 11 is 0. The number of carbonyl (C=O) groups excluding carboxylic acids is 3. The lowest BCUT2D eigenvalue weighted by Crippen LogP contribution is -2.33. The van der Waals surface area contributed by atoms with Crippen LogP contribution in [0, 0.1) is 0 Å². The van der Waals surface area contributed by atoms with E-state index < -0.39 is 5.97 Å². The molecule has 1 heterocycles. The number of hydrogen-bond donors (Lipinski definition) is 0. The highest BCUT2D eigenvalue weighted by Crippen LogP contribution is 2.27. The molecule has 1 amide bonds. The van der Waals surface area contributed by atoms with E-state index in [4.69, 9.17) is 9.47 Å². The van der Waals surface area contributed by atoms with Crippen LogP contribution in [0.15, 0.2) is 78.9 Å². The highest BCUT2D eigenvalue weighted by atomic mass is 16.6. The standard InChI is InChI=1S/C25H21NO5/c27-23(26-15-14-18-6-4-5-9-22(18)26)16-31-24(28)17-30-21-12-10-20(11-13-21)25(29)19-7-2-1-3-8-19/h1-13H,14-17H2. The molecule has 0 radical (unpaired) electrons. The first kappa shape index (κ1) is 20.3. The highest BCUT2D eigenvalue weighted by molar-refractivity contribution is 6.09. The van der Waals surface area contributed by atoms with Crippen molar-refractivity contribution in [2.45, 2.75) is 6.42 Å². The van der Waals surface area contributed by atoms with E-state index in [1.54, 1.807) is 41.3 Å². The number of carbonyl (C=O) groups is 3. The van der Waals surface area contributed by atoms with Crippen LogP contribution >= 0.6 is 0 Å². The first-order chi connectivity index (χ1) is 15.1. The maximum Gasteiger partial charge on any atom is 0.344 e. The van der Waals surface area contributed by atoms with Crippen LogP contribution in [-0.4, -0.2) is 37.4 Å². The largest absolute Gasteiger partial charge is 0.482 e. The molecule has 156 valence electrons.